The summed E-state index contributed by atoms with van der Waals surface area (Å²) in [7, 11) is -3.00. The van der Waals surface area contributed by atoms with E-state index < -0.39 is 15.7 Å². The van der Waals surface area contributed by atoms with Gasteiger partial charge in [-0.1, -0.05) is 0 Å². The van der Waals surface area contributed by atoms with E-state index >= 15 is 0 Å². The molecule has 0 amide bonds. The first-order chi connectivity index (χ1) is 2.56. The zero-order valence-corrected chi connectivity index (χ0v) is 8.37. The molecule has 0 bridgehead atoms. The Hall–Kier alpha value is 1.55. The second-order valence-corrected chi connectivity index (χ2v) is 3.21. The fraction of sp³-hybridized carbons (Fsp3) is 1.00. The van der Waals surface area contributed by atoms with E-state index in [0.29, 0.717) is 0 Å². The molecule has 0 saturated heterocycles. The Morgan fingerprint density at radius 1 is 1.57 bits per heavy atom. The van der Waals surface area contributed by atoms with Gasteiger partial charge in [0.05, 0.1) is 0 Å². The van der Waals surface area contributed by atoms with Gasteiger partial charge in [0.15, 0.2) is 0 Å². The molecule has 0 aliphatic rings. The molecular formula is C2H6KNO2S. The Bertz CT molecular complexity index is 118. The van der Waals surface area contributed by atoms with Crippen molar-refractivity contribution in [1.82, 2.24) is 0 Å². The molecule has 0 rings (SSSR count). The molecule has 38 valence electrons. The maximum absolute atomic E-state index is 9.81. The Balaban J connectivity index is 0. The Labute approximate surface area is 86.0 Å². The van der Waals surface area contributed by atoms with Crippen molar-refractivity contribution in [1.29, 1.82) is 0 Å². The maximum atomic E-state index is 9.81. The van der Waals surface area contributed by atoms with Crippen molar-refractivity contribution in [3.05, 3.63) is 5.73 Å². The summed E-state index contributed by atoms with van der Waals surface area (Å²) in [5.74, 6) is -0.507. The van der Waals surface area contributed by atoms with E-state index in [4.69, 9.17) is 5.73 Å². The minimum Gasteiger partial charge on any atom is -0.665 e. The van der Waals surface area contributed by atoms with Crippen molar-refractivity contribution in [2.75, 3.05) is 12.1 Å². The molecule has 5 heteroatoms. The fourth-order valence-corrected chi connectivity index (χ4v) is 0. The third kappa shape index (κ3) is 11.2. The number of nitrogens with one attached hydrogen (secondary N) is 1. The topological polar surface area (TPSA) is 57.9 Å². The molecule has 7 heavy (non-hydrogen) atoms. The minimum atomic E-state index is -3.00. The molecule has 0 fully saturated rings. The monoisotopic (exact) mass is 147 g/mol. The summed E-state index contributed by atoms with van der Waals surface area (Å²) in [6.45, 7) is 0. The van der Waals surface area contributed by atoms with Crippen molar-refractivity contribution in [2.24, 2.45) is 0 Å². The number of sulfone groups is 1. The van der Waals surface area contributed by atoms with Gasteiger partial charge in [0.25, 0.3) is 0 Å². The molecule has 0 aromatic carbocycles. The molecule has 0 heterocycles. The number of hydrogen-bond donors (Lipinski definition) is 0. The zero-order chi connectivity index (χ0) is 5.21. The molecule has 0 aliphatic carbocycles. The predicted molar refractivity (Wildman–Crippen MR) is 24.0 cm³/mol. The molecule has 1 N–H and O–H groups in total. The van der Waals surface area contributed by atoms with Crippen LogP contribution in [-0.2, 0) is 9.84 Å². The maximum Gasteiger partial charge on any atom is 1.00 e. The summed E-state index contributed by atoms with van der Waals surface area (Å²) >= 11 is 0. The molecule has 0 radical (unpaired) electrons. The summed E-state index contributed by atoms with van der Waals surface area (Å²) in [5.41, 5.74) is 6.27. The third-order valence-electron chi connectivity index (χ3n) is 0.262. The molecule has 0 aliphatic heterocycles. The molecular weight excluding hydrogens is 141 g/mol. The van der Waals surface area contributed by atoms with Crippen LogP contribution in [0.25, 0.3) is 5.73 Å². The molecule has 0 aromatic heterocycles. The summed E-state index contributed by atoms with van der Waals surface area (Å²) in [6.07, 6.45) is 1.03. The van der Waals surface area contributed by atoms with Crippen LogP contribution >= 0.6 is 0 Å². The van der Waals surface area contributed by atoms with Gasteiger partial charge in [0, 0.05) is 6.26 Å². The van der Waals surface area contributed by atoms with Gasteiger partial charge >= 0.3 is 51.4 Å². The molecule has 0 atom stereocenters. The van der Waals surface area contributed by atoms with Crippen LogP contribution in [0, 0.1) is 0 Å². The first kappa shape index (κ1) is 11.4. The van der Waals surface area contributed by atoms with E-state index in [2.05, 4.69) is 0 Å². The van der Waals surface area contributed by atoms with Crippen molar-refractivity contribution in [3.63, 3.8) is 0 Å². The van der Waals surface area contributed by atoms with E-state index in [0.717, 1.165) is 6.26 Å². The van der Waals surface area contributed by atoms with Crippen LogP contribution in [0.2, 0.25) is 0 Å². The molecule has 0 unspecified atom stereocenters. The normalized spacial score (nSPS) is 10.0. The zero-order valence-electron chi connectivity index (χ0n) is 4.43. The molecule has 0 saturated carbocycles. The van der Waals surface area contributed by atoms with Crippen LogP contribution in [0.1, 0.15) is 0 Å². The smallest absolute Gasteiger partial charge is 0.665 e. The molecule has 0 spiro atoms. The van der Waals surface area contributed by atoms with Gasteiger partial charge in [-0.05, 0) is 5.88 Å². The minimum absolute atomic E-state index is 0. The van der Waals surface area contributed by atoms with Crippen LogP contribution in [0.5, 0.6) is 0 Å². The van der Waals surface area contributed by atoms with Gasteiger partial charge in [-0.3, -0.25) is 0 Å². The second-order valence-electron chi connectivity index (χ2n) is 1.07. The first-order valence-electron chi connectivity index (χ1n) is 1.38. The summed E-state index contributed by atoms with van der Waals surface area (Å²) in [4.78, 5) is 0. The SMILES string of the molecule is CS(=O)(=O)C[NH-].[K+]. The predicted octanol–water partition coefficient (Wildman–Crippen LogP) is -2.96. The van der Waals surface area contributed by atoms with Crippen LogP contribution < -0.4 is 51.4 Å². The number of hydrogen-bond acceptors (Lipinski definition) is 2. The van der Waals surface area contributed by atoms with Gasteiger partial charge in [-0.25, -0.2) is 8.42 Å². The average molecular weight is 147 g/mol. The number of rotatable bonds is 1. The molecule has 3 nitrogen and oxygen atoms in total. The summed E-state index contributed by atoms with van der Waals surface area (Å²) < 4.78 is 19.6. The van der Waals surface area contributed by atoms with E-state index in [9.17, 15) is 8.42 Å². The van der Waals surface area contributed by atoms with E-state index in [-0.39, 0.29) is 51.4 Å². The van der Waals surface area contributed by atoms with Crippen molar-refractivity contribution in [3.8, 4) is 0 Å². The second kappa shape index (κ2) is 4.43. The van der Waals surface area contributed by atoms with Crippen LogP contribution in [0.15, 0.2) is 0 Å². The third-order valence-corrected chi connectivity index (χ3v) is 0.787. The largest absolute Gasteiger partial charge is 1.00 e. The standard InChI is InChI=1S/C2H6NO2S.K/c1-6(4,5)2-3;/h3H,2H2,1H3;/q-1;+1. The van der Waals surface area contributed by atoms with Crippen LogP contribution in [-0.4, -0.2) is 20.6 Å². The fourth-order valence-electron chi connectivity index (χ4n) is 0. The van der Waals surface area contributed by atoms with Gasteiger partial charge < -0.3 is 5.73 Å². The van der Waals surface area contributed by atoms with Gasteiger partial charge in [-0.15, -0.1) is 0 Å². The van der Waals surface area contributed by atoms with Crippen molar-refractivity contribution < 1.29 is 59.8 Å². The summed E-state index contributed by atoms with van der Waals surface area (Å²) in [5, 5.41) is 0. The van der Waals surface area contributed by atoms with Gasteiger partial charge in [-0.2, -0.15) is 0 Å². The first-order valence-corrected chi connectivity index (χ1v) is 3.44. The average Bonchev–Trinajstić information content (AvgIpc) is 1.35. The van der Waals surface area contributed by atoms with Crippen LogP contribution in [0.4, 0.5) is 0 Å². The van der Waals surface area contributed by atoms with E-state index in [1.165, 1.54) is 0 Å². The van der Waals surface area contributed by atoms with Crippen LogP contribution in [0.3, 0.4) is 0 Å². The van der Waals surface area contributed by atoms with E-state index in [1.54, 1.807) is 0 Å². The quantitative estimate of drug-likeness (QED) is 0.372. The Morgan fingerprint density at radius 2 is 1.71 bits per heavy atom. The Kier molecular flexibility index (Phi) is 7.18. The van der Waals surface area contributed by atoms with Gasteiger partial charge in [0.1, 0.15) is 9.84 Å². The van der Waals surface area contributed by atoms with Gasteiger partial charge in [0.2, 0.25) is 0 Å². The van der Waals surface area contributed by atoms with Crippen molar-refractivity contribution >= 4 is 9.84 Å². The van der Waals surface area contributed by atoms with E-state index in [1.807, 2.05) is 0 Å². The molecule has 0 aromatic rings. The Morgan fingerprint density at radius 3 is 1.71 bits per heavy atom. The van der Waals surface area contributed by atoms with Crippen molar-refractivity contribution in [2.45, 2.75) is 0 Å². The summed E-state index contributed by atoms with van der Waals surface area (Å²) in [6, 6.07) is 0.